The maximum atomic E-state index is 13.9. The van der Waals surface area contributed by atoms with Crippen molar-refractivity contribution in [1.29, 1.82) is 0 Å². The van der Waals surface area contributed by atoms with E-state index in [2.05, 4.69) is 32.8 Å². The van der Waals surface area contributed by atoms with Crippen LogP contribution in [0.25, 0.3) is 0 Å². The number of halogens is 1. The number of carbonyl (C=O) groups is 6. The number of nitrogens with one attached hydrogen (secondary N) is 1. The fourth-order valence-corrected chi connectivity index (χ4v) is 12.6. The number of benzene rings is 2. The molecule has 1 heterocycles. The van der Waals surface area contributed by atoms with E-state index in [0.29, 0.717) is 32.7 Å². The summed E-state index contributed by atoms with van der Waals surface area (Å²) in [7, 11) is 6.21. The fourth-order valence-electron chi connectivity index (χ4n) is 12.6. The van der Waals surface area contributed by atoms with Crippen molar-refractivity contribution >= 4 is 57.5 Å². The van der Waals surface area contributed by atoms with Crippen LogP contribution in [0.2, 0.25) is 0 Å². The summed E-state index contributed by atoms with van der Waals surface area (Å²) in [6.07, 6.45) is -0.399. The second kappa shape index (κ2) is 20.9. The van der Waals surface area contributed by atoms with Gasteiger partial charge in [0.1, 0.15) is 45.7 Å². The lowest BCUT2D eigenvalue weighted by atomic mass is 9.55. The van der Waals surface area contributed by atoms with E-state index in [1.165, 1.54) is 74.1 Å². The molecule has 9 rings (SSSR count). The number of phenolic OH excluding ortho intramolecular Hbond substituents is 2. The zero-order valence-corrected chi connectivity index (χ0v) is 45.1. The topological polar surface area (TPSA) is 376 Å². The summed E-state index contributed by atoms with van der Waals surface area (Å²) in [5.41, 5.74) is -6.45. The minimum absolute atomic E-state index is 0.0454. The first-order valence-corrected chi connectivity index (χ1v) is 26.5. The number of aliphatic hydroxyl groups excluding tert-OH is 5. The molecule has 14 N–H and O–H groups in total. The van der Waals surface area contributed by atoms with E-state index in [1.54, 1.807) is 14.1 Å². The third kappa shape index (κ3) is 8.69. The molecule has 2 aromatic carbocycles. The van der Waals surface area contributed by atoms with E-state index >= 15 is 0 Å². The van der Waals surface area contributed by atoms with Gasteiger partial charge in [0.05, 0.1) is 47.7 Å². The molecule has 23 nitrogen and oxygen atoms in total. The molecule has 2 amide bonds. The minimum Gasteiger partial charge on any atom is -0.510 e. The Morgan fingerprint density at radius 1 is 0.658 bits per heavy atom. The number of amides is 2. The quantitative estimate of drug-likeness (QED) is 0.0926. The molecule has 0 bridgehead atoms. The van der Waals surface area contributed by atoms with Gasteiger partial charge in [0.25, 0.3) is 11.8 Å². The Morgan fingerprint density at radius 3 is 1.42 bits per heavy atom. The minimum atomic E-state index is -2.76. The fraction of sp³-hybridized carbons (Fsp3) is 0.500. The average molecular weight is 1170 g/mol. The highest BCUT2D eigenvalue weighted by Gasteiger charge is 2.67. The molecule has 1 fully saturated rings. The first-order chi connectivity index (χ1) is 35.5. The molecule has 0 saturated carbocycles. The molecule has 0 spiro atoms. The maximum Gasteiger partial charge on any atom is 0.259 e. The van der Waals surface area contributed by atoms with Crippen molar-refractivity contribution < 1.29 is 84.9 Å². The summed E-state index contributed by atoms with van der Waals surface area (Å²) in [5.74, 6) is -15.3. The number of aliphatic hydroxyl groups is 9. The van der Waals surface area contributed by atoms with Gasteiger partial charge in [0.15, 0.2) is 22.8 Å². The number of rotatable bonds is 8. The summed E-state index contributed by atoms with van der Waals surface area (Å²) in [6.45, 7) is 6.00. The Morgan fingerprint density at radius 2 is 1.04 bits per heavy atom. The van der Waals surface area contributed by atoms with Crippen molar-refractivity contribution in [3.05, 3.63) is 104 Å². The number of β-amino-alcohol motifs (C(OH)–C–C–N with tert-alkyl or cyclic N) is 1. The van der Waals surface area contributed by atoms with Crippen LogP contribution in [-0.2, 0) is 30.4 Å². The summed E-state index contributed by atoms with van der Waals surface area (Å²) in [6, 6.07) is 6.15. The lowest BCUT2D eigenvalue weighted by Gasteiger charge is -2.52. The molecule has 76 heavy (non-hydrogen) atoms. The Kier molecular flexibility index (Phi) is 15.9. The molecule has 1 unspecified atom stereocenters. The van der Waals surface area contributed by atoms with Gasteiger partial charge < -0.3 is 67.2 Å². The third-order valence-corrected chi connectivity index (χ3v) is 16.4. The molecule has 2 aromatic rings. The first-order valence-electron chi connectivity index (χ1n) is 24.3. The number of Topliss-reactive ketones (excluding diaryl/α,β-unsaturated/α-hetero) is 4. The SMILES string of the molecule is CI.CN(C)[C@@H]1C(O)=C(C(=O)NCN2CCN(CCO)CC2)C(=O)[C@@]2(O)C(O)=C3C(=O)c4c(O)cccc4[C@@](C)(O)C3C[C@@H]12.CN(C)[C@@H]1C(O)=C(C(N)=O)C(=O)[C@@]2(O)C(O)=C3C(=O)c4c(O)cccc4[C@@](C)(O)[C@H]3C[C@@H]12. The van der Waals surface area contributed by atoms with Crippen LogP contribution < -0.4 is 11.1 Å². The second-order valence-corrected chi connectivity index (χ2v) is 20.9. The van der Waals surface area contributed by atoms with E-state index in [-0.39, 0.29) is 48.4 Å². The Labute approximate surface area is 450 Å². The van der Waals surface area contributed by atoms with Crippen LogP contribution in [0.15, 0.2) is 81.7 Å². The maximum absolute atomic E-state index is 13.9. The number of likely N-dealkylation sites (N-methyl/N-ethyl adjacent to an activating group) is 2. The van der Waals surface area contributed by atoms with Crippen molar-refractivity contribution in [3.63, 3.8) is 0 Å². The first kappa shape index (κ1) is 57.9. The van der Waals surface area contributed by atoms with Crippen molar-refractivity contribution in [2.45, 2.75) is 61.2 Å². The summed E-state index contributed by atoms with van der Waals surface area (Å²) in [4.78, 5) is 88.3. The lowest BCUT2D eigenvalue weighted by Crippen LogP contribution is -2.65. The van der Waals surface area contributed by atoms with E-state index in [9.17, 15) is 79.8 Å². The number of phenols is 2. The predicted molar refractivity (Wildman–Crippen MR) is 278 cm³/mol. The smallest absolute Gasteiger partial charge is 0.259 e. The van der Waals surface area contributed by atoms with E-state index in [1.807, 2.05) is 9.83 Å². The largest absolute Gasteiger partial charge is 0.510 e. The van der Waals surface area contributed by atoms with Crippen molar-refractivity contribution in [2.24, 2.45) is 29.4 Å². The Bertz CT molecular complexity index is 2920. The lowest BCUT2D eigenvalue weighted by molar-refractivity contribution is -0.152. The highest BCUT2D eigenvalue weighted by Crippen LogP contribution is 2.58. The molecule has 24 heteroatoms. The summed E-state index contributed by atoms with van der Waals surface area (Å²) in [5, 5.41) is 124. The number of hydrogen-bond acceptors (Lipinski definition) is 21. The number of nitrogens with zero attached hydrogens (tertiary/aromatic N) is 4. The normalized spacial score (nSPS) is 32.3. The van der Waals surface area contributed by atoms with Gasteiger partial charge in [-0.05, 0) is 83.1 Å². The molecular weight excluding hydrogens is 1110 g/mol. The molecule has 1 aliphatic heterocycles. The van der Waals surface area contributed by atoms with Crippen LogP contribution in [0.4, 0.5) is 0 Å². The molecule has 6 aliphatic carbocycles. The third-order valence-electron chi connectivity index (χ3n) is 16.4. The molecule has 0 aromatic heterocycles. The van der Waals surface area contributed by atoms with E-state index in [4.69, 9.17) is 10.8 Å². The van der Waals surface area contributed by atoms with Crippen LogP contribution in [0, 0.1) is 23.7 Å². The van der Waals surface area contributed by atoms with Crippen LogP contribution in [0.3, 0.4) is 0 Å². The Hall–Kier alpha value is -5.81. The van der Waals surface area contributed by atoms with Crippen LogP contribution in [-0.4, -0.2) is 213 Å². The molecule has 10 atom stereocenters. The number of ketones is 4. The van der Waals surface area contributed by atoms with Crippen LogP contribution in [0.5, 0.6) is 11.5 Å². The van der Waals surface area contributed by atoms with Crippen LogP contribution in [0.1, 0.15) is 58.5 Å². The van der Waals surface area contributed by atoms with Gasteiger partial charge in [-0.25, -0.2) is 0 Å². The number of primary amides is 1. The van der Waals surface area contributed by atoms with Gasteiger partial charge in [-0.2, -0.15) is 0 Å². The number of nitrogens with two attached hydrogens (primary N) is 1. The van der Waals surface area contributed by atoms with Crippen molar-refractivity contribution in [3.8, 4) is 11.5 Å². The molecule has 0 radical (unpaired) electrons. The Balaban J connectivity index is 0.000000222. The number of piperazine rings is 1. The number of aromatic hydroxyl groups is 2. The molecule has 1 saturated heterocycles. The molecular formula is C52H65IN6O17. The molecule has 7 aliphatic rings. The van der Waals surface area contributed by atoms with Crippen molar-refractivity contribution in [1.82, 2.24) is 24.9 Å². The average Bonchev–Trinajstić information content (AvgIpc) is 3.35. The number of fused-ring (bicyclic) bond motifs is 6. The van der Waals surface area contributed by atoms with Gasteiger partial charge in [0.2, 0.25) is 11.6 Å². The summed E-state index contributed by atoms with van der Waals surface area (Å²) >= 11 is 2.15. The van der Waals surface area contributed by atoms with Crippen LogP contribution >= 0.6 is 22.6 Å². The monoisotopic (exact) mass is 1170 g/mol. The van der Waals surface area contributed by atoms with Gasteiger partial charge in [-0.15, -0.1) is 0 Å². The van der Waals surface area contributed by atoms with E-state index < -0.39 is 150 Å². The van der Waals surface area contributed by atoms with Gasteiger partial charge in [-0.3, -0.25) is 48.4 Å². The number of alkyl halides is 1. The predicted octanol–water partition coefficient (Wildman–Crippen LogP) is -0.179. The van der Waals surface area contributed by atoms with Gasteiger partial charge >= 0.3 is 0 Å². The molecule has 412 valence electrons. The standard InChI is InChI=1S/C29H38N4O9.C22H24N2O8.CH3I/c1-28(41)15-5-4-6-18(35)19(15)23(36)20-16(28)13-17-22(31(2)3)24(37)21(26(39)29(17,42)25(20)38)27(40)30-14-33-9-7-32(8-10-33)11-12-34;1-21(31)8-5-4-6-11(25)12(8)16(26)13-9(21)7-10-15(24(2)3)17(27)14(20(23)30)19(29)22(10,32)18(13)28;1-2/h4-6,16-17,22,34-35,37-38,41-42H,7-14H2,1-3H3,(H,30,40);4-6,9-10,15,25,27-28,31-32H,7H2,1-3H3,(H2,23,30);1H3/t16?,17-,22-,28+,29-;9-,10-,15-,21+,22-;/m00./s1. The highest BCUT2D eigenvalue weighted by molar-refractivity contribution is 14.1. The van der Waals surface area contributed by atoms with Crippen molar-refractivity contribution in [2.75, 3.05) is 79.1 Å². The number of carbonyl (C=O) groups excluding carboxylic acids is 6. The van der Waals surface area contributed by atoms with Gasteiger partial charge in [0, 0.05) is 67.5 Å². The zero-order chi connectivity index (χ0) is 56.6. The summed E-state index contributed by atoms with van der Waals surface area (Å²) < 4.78 is 0. The number of hydrogen-bond donors (Lipinski definition) is 13. The van der Waals surface area contributed by atoms with Gasteiger partial charge in [-0.1, -0.05) is 46.9 Å². The van der Waals surface area contributed by atoms with E-state index in [0.717, 1.165) is 0 Å². The zero-order valence-electron chi connectivity index (χ0n) is 42.9. The second-order valence-electron chi connectivity index (χ2n) is 20.9. The highest BCUT2D eigenvalue weighted by atomic mass is 127.